The first-order valence-electron chi connectivity index (χ1n) is 9.67. The molecular formula is C23H29FN2OS. The van der Waals surface area contributed by atoms with Gasteiger partial charge in [-0.3, -0.25) is 4.79 Å². The maximum atomic E-state index is 13.5. The molecule has 3 rings (SSSR count). The Bertz CT molecular complexity index is 889. The van der Waals surface area contributed by atoms with E-state index in [0.717, 1.165) is 46.9 Å². The zero-order chi connectivity index (χ0) is 20.5. The van der Waals surface area contributed by atoms with E-state index in [1.807, 2.05) is 19.2 Å². The number of hydrogen-bond acceptors (Lipinski definition) is 3. The molecular weight excluding hydrogens is 371 g/mol. The molecule has 0 spiro atoms. The highest BCUT2D eigenvalue weighted by atomic mass is 32.2. The van der Waals surface area contributed by atoms with E-state index in [1.54, 1.807) is 17.8 Å². The molecule has 1 amide bonds. The van der Waals surface area contributed by atoms with Gasteiger partial charge in [-0.25, -0.2) is 4.39 Å². The molecule has 0 aromatic heterocycles. The molecule has 0 aliphatic carbocycles. The number of amides is 1. The van der Waals surface area contributed by atoms with Crippen molar-refractivity contribution in [2.24, 2.45) is 5.41 Å². The Hall–Kier alpha value is -2.01. The van der Waals surface area contributed by atoms with Crippen LogP contribution in [0.4, 0.5) is 15.8 Å². The topological polar surface area (TPSA) is 32.3 Å². The fourth-order valence-corrected chi connectivity index (χ4v) is 4.30. The molecule has 0 radical (unpaired) electrons. The number of benzene rings is 2. The summed E-state index contributed by atoms with van der Waals surface area (Å²) in [6.45, 7) is 9.88. The van der Waals surface area contributed by atoms with Crippen molar-refractivity contribution in [3.63, 3.8) is 0 Å². The Morgan fingerprint density at radius 2 is 1.96 bits per heavy atom. The van der Waals surface area contributed by atoms with Gasteiger partial charge in [0.2, 0.25) is 5.91 Å². The first-order valence-corrected chi connectivity index (χ1v) is 10.9. The van der Waals surface area contributed by atoms with Crippen molar-refractivity contribution in [1.82, 2.24) is 0 Å². The molecule has 150 valence electrons. The quantitative estimate of drug-likeness (QED) is 0.659. The van der Waals surface area contributed by atoms with Crippen molar-refractivity contribution in [1.29, 1.82) is 0 Å². The van der Waals surface area contributed by atoms with Crippen LogP contribution in [-0.4, -0.2) is 18.7 Å². The fourth-order valence-electron chi connectivity index (χ4n) is 3.65. The number of rotatable bonds is 4. The van der Waals surface area contributed by atoms with Crippen molar-refractivity contribution >= 4 is 29.0 Å². The smallest absolute Gasteiger partial charge is 0.224 e. The fraction of sp³-hybridized carbons (Fsp3) is 0.435. The summed E-state index contributed by atoms with van der Waals surface area (Å²) < 4.78 is 13.5. The van der Waals surface area contributed by atoms with Crippen molar-refractivity contribution in [2.75, 3.05) is 23.0 Å². The van der Waals surface area contributed by atoms with Crippen molar-refractivity contribution in [3.8, 4) is 0 Å². The van der Waals surface area contributed by atoms with Gasteiger partial charge in [-0.15, -0.1) is 11.8 Å². The van der Waals surface area contributed by atoms with Gasteiger partial charge in [0.15, 0.2) is 0 Å². The average molecular weight is 401 g/mol. The summed E-state index contributed by atoms with van der Waals surface area (Å²) >= 11 is 1.64. The number of carbonyl (C=O) groups is 1. The van der Waals surface area contributed by atoms with E-state index in [4.69, 9.17) is 0 Å². The lowest BCUT2D eigenvalue weighted by molar-refractivity contribution is -0.117. The number of nitrogens with zero attached hydrogens (tertiary/aromatic N) is 1. The third-order valence-corrected chi connectivity index (χ3v) is 5.77. The van der Waals surface area contributed by atoms with Crippen molar-refractivity contribution in [3.05, 3.63) is 52.8 Å². The summed E-state index contributed by atoms with van der Waals surface area (Å²) in [5.41, 5.74) is 5.35. The zero-order valence-electron chi connectivity index (χ0n) is 17.4. The van der Waals surface area contributed by atoms with E-state index < -0.39 is 0 Å². The second kappa shape index (κ2) is 8.16. The van der Waals surface area contributed by atoms with Gasteiger partial charge in [-0.2, -0.15) is 0 Å². The van der Waals surface area contributed by atoms with Crippen LogP contribution in [-0.2, 0) is 17.8 Å². The van der Waals surface area contributed by atoms with Crippen LogP contribution in [0.25, 0.3) is 0 Å². The molecule has 1 N–H and O–H groups in total. The third kappa shape index (κ3) is 4.88. The molecule has 0 fully saturated rings. The molecule has 5 heteroatoms. The van der Waals surface area contributed by atoms with E-state index in [-0.39, 0.29) is 17.1 Å². The molecule has 1 heterocycles. The lowest BCUT2D eigenvalue weighted by Crippen LogP contribution is -2.30. The molecule has 0 atom stereocenters. The summed E-state index contributed by atoms with van der Waals surface area (Å²) in [4.78, 5) is 15.8. The van der Waals surface area contributed by atoms with Gasteiger partial charge >= 0.3 is 0 Å². The van der Waals surface area contributed by atoms with Gasteiger partial charge in [-0.1, -0.05) is 26.8 Å². The van der Waals surface area contributed by atoms with E-state index in [2.05, 4.69) is 43.1 Å². The SMILES string of the molecule is CSc1cc(N2CCc3cc(F)ccc3C2)cc(C)c1NC(=O)CC(C)(C)C. The summed E-state index contributed by atoms with van der Waals surface area (Å²) in [5.74, 6) is -0.115. The minimum absolute atomic E-state index is 0.0435. The summed E-state index contributed by atoms with van der Waals surface area (Å²) in [6.07, 6.45) is 3.36. The molecule has 1 aliphatic heterocycles. The Labute approximate surface area is 171 Å². The highest BCUT2D eigenvalue weighted by Crippen LogP contribution is 2.36. The highest BCUT2D eigenvalue weighted by Gasteiger charge is 2.21. The molecule has 0 saturated heterocycles. The summed E-state index contributed by atoms with van der Waals surface area (Å²) in [6, 6.07) is 9.37. The Kier molecular flexibility index (Phi) is 6.04. The number of anilines is 2. The summed E-state index contributed by atoms with van der Waals surface area (Å²) in [7, 11) is 0. The largest absolute Gasteiger partial charge is 0.367 e. The predicted octanol–water partition coefficient (Wildman–Crippen LogP) is 5.79. The second-order valence-corrected chi connectivity index (χ2v) is 9.56. The first-order chi connectivity index (χ1) is 13.2. The second-order valence-electron chi connectivity index (χ2n) is 8.71. The maximum absolute atomic E-state index is 13.5. The normalized spacial score (nSPS) is 14.0. The standard InChI is InChI=1S/C23H29FN2OS/c1-15-10-19(26-9-8-16-11-18(24)7-6-17(16)14-26)12-20(28-5)22(15)25-21(27)13-23(2,3)4/h6-7,10-12H,8-9,13-14H2,1-5H3,(H,25,27). The Morgan fingerprint density at radius 1 is 1.21 bits per heavy atom. The number of nitrogens with one attached hydrogen (secondary N) is 1. The number of carbonyl (C=O) groups excluding carboxylic acids is 1. The molecule has 2 aromatic rings. The molecule has 1 aliphatic rings. The average Bonchev–Trinajstić information content (AvgIpc) is 2.61. The lowest BCUT2D eigenvalue weighted by atomic mass is 9.92. The van der Waals surface area contributed by atoms with Crippen LogP contribution >= 0.6 is 11.8 Å². The van der Waals surface area contributed by atoms with Crippen LogP contribution < -0.4 is 10.2 Å². The van der Waals surface area contributed by atoms with Crippen LogP contribution in [0, 0.1) is 18.2 Å². The van der Waals surface area contributed by atoms with Crippen LogP contribution in [0.2, 0.25) is 0 Å². The molecule has 28 heavy (non-hydrogen) atoms. The van der Waals surface area contributed by atoms with Gasteiger partial charge < -0.3 is 10.2 Å². The molecule has 3 nitrogen and oxygen atoms in total. The zero-order valence-corrected chi connectivity index (χ0v) is 18.2. The lowest BCUT2D eigenvalue weighted by Gasteiger charge is -2.32. The predicted molar refractivity (Wildman–Crippen MR) is 117 cm³/mol. The van der Waals surface area contributed by atoms with Gasteiger partial charge in [-0.05, 0) is 66.0 Å². The minimum Gasteiger partial charge on any atom is -0.367 e. The Morgan fingerprint density at radius 3 is 2.64 bits per heavy atom. The van der Waals surface area contributed by atoms with Crippen LogP contribution in [0.5, 0.6) is 0 Å². The van der Waals surface area contributed by atoms with Crippen LogP contribution in [0.15, 0.2) is 35.2 Å². The molecule has 2 aromatic carbocycles. The van der Waals surface area contributed by atoms with Crippen LogP contribution in [0.3, 0.4) is 0 Å². The van der Waals surface area contributed by atoms with E-state index in [1.165, 1.54) is 11.6 Å². The van der Waals surface area contributed by atoms with Crippen LogP contribution in [0.1, 0.15) is 43.9 Å². The third-order valence-electron chi connectivity index (χ3n) is 5.01. The Balaban J connectivity index is 1.83. The van der Waals surface area contributed by atoms with E-state index in [9.17, 15) is 9.18 Å². The van der Waals surface area contributed by atoms with Gasteiger partial charge in [0.1, 0.15) is 5.82 Å². The molecule has 0 saturated carbocycles. The van der Waals surface area contributed by atoms with Gasteiger partial charge in [0, 0.05) is 30.1 Å². The van der Waals surface area contributed by atoms with Gasteiger partial charge in [0.05, 0.1) is 5.69 Å². The number of thioether (sulfide) groups is 1. The highest BCUT2D eigenvalue weighted by molar-refractivity contribution is 7.98. The number of fused-ring (bicyclic) bond motifs is 1. The minimum atomic E-state index is -0.164. The number of aryl methyl sites for hydroxylation is 1. The maximum Gasteiger partial charge on any atom is 0.224 e. The van der Waals surface area contributed by atoms with E-state index >= 15 is 0 Å². The van der Waals surface area contributed by atoms with E-state index in [0.29, 0.717) is 6.42 Å². The number of hydrogen-bond donors (Lipinski definition) is 1. The van der Waals surface area contributed by atoms with Crippen molar-refractivity contribution in [2.45, 2.75) is 52.0 Å². The first kappa shape index (κ1) is 20.7. The van der Waals surface area contributed by atoms with Crippen molar-refractivity contribution < 1.29 is 9.18 Å². The monoisotopic (exact) mass is 400 g/mol. The molecule has 0 bridgehead atoms. The number of halogens is 1. The molecule has 0 unspecified atom stereocenters. The van der Waals surface area contributed by atoms with Gasteiger partial charge in [0.25, 0.3) is 0 Å². The summed E-state index contributed by atoms with van der Waals surface area (Å²) in [5, 5.41) is 3.12.